The highest BCUT2D eigenvalue weighted by molar-refractivity contribution is 6.31. The van der Waals surface area contributed by atoms with Crippen molar-refractivity contribution in [1.82, 2.24) is 4.57 Å². The number of hydrogen-bond acceptors (Lipinski definition) is 4. The first-order valence-electron chi connectivity index (χ1n) is 12.1. The van der Waals surface area contributed by atoms with Crippen LogP contribution in [0.1, 0.15) is 48.3 Å². The monoisotopic (exact) mass is 501 g/mol. The van der Waals surface area contributed by atoms with Crippen LogP contribution in [0.4, 0.5) is 0 Å². The summed E-state index contributed by atoms with van der Waals surface area (Å²) in [5, 5.41) is 1.67. The molecule has 0 saturated heterocycles. The van der Waals surface area contributed by atoms with Gasteiger partial charge in [-0.25, -0.2) is 0 Å². The number of Topliss-reactive ketones (excluding diaryl/α,β-unsaturated/α-hetero) is 1. The van der Waals surface area contributed by atoms with E-state index in [-0.39, 0.29) is 36.7 Å². The third-order valence-corrected chi connectivity index (χ3v) is 6.37. The summed E-state index contributed by atoms with van der Waals surface area (Å²) in [7, 11) is 0. The van der Waals surface area contributed by atoms with Crippen LogP contribution in [0.2, 0.25) is 5.02 Å². The zero-order valence-corrected chi connectivity index (χ0v) is 21.2. The van der Waals surface area contributed by atoms with Crippen LogP contribution < -0.4 is 5.56 Å². The van der Waals surface area contributed by atoms with Gasteiger partial charge in [-0.15, -0.1) is 0 Å². The lowest BCUT2D eigenvalue weighted by Crippen LogP contribution is -2.28. The summed E-state index contributed by atoms with van der Waals surface area (Å²) in [5.74, 6) is -0.359. The Bertz CT molecular complexity index is 1470. The lowest BCUT2D eigenvalue weighted by Gasteiger charge is -2.20. The zero-order chi connectivity index (χ0) is 25.7. The van der Waals surface area contributed by atoms with E-state index in [2.05, 4.69) is 0 Å². The zero-order valence-electron chi connectivity index (χ0n) is 20.4. The number of carbonyl (C=O) groups is 2. The first-order valence-corrected chi connectivity index (χ1v) is 12.5. The summed E-state index contributed by atoms with van der Waals surface area (Å²) in [5.41, 5.74) is 3.52. The van der Waals surface area contributed by atoms with Crippen molar-refractivity contribution in [3.05, 3.63) is 105 Å². The minimum Gasteiger partial charge on any atom is -0.466 e. The van der Waals surface area contributed by atoms with Gasteiger partial charge in [0.25, 0.3) is 5.56 Å². The van der Waals surface area contributed by atoms with E-state index in [1.54, 1.807) is 36.6 Å². The summed E-state index contributed by atoms with van der Waals surface area (Å²) in [6.45, 7) is 4.16. The first kappa shape index (κ1) is 25.4. The van der Waals surface area contributed by atoms with Crippen molar-refractivity contribution in [2.45, 2.75) is 39.7 Å². The molecule has 184 valence electrons. The molecule has 0 N–H and O–H groups in total. The number of ether oxygens (including phenoxy) is 1. The Kier molecular flexibility index (Phi) is 8.01. The lowest BCUT2D eigenvalue weighted by molar-refractivity contribution is -0.143. The number of halogens is 1. The summed E-state index contributed by atoms with van der Waals surface area (Å²) in [4.78, 5) is 38.9. The molecule has 0 unspecified atom stereocenters. The van der Waals surface area contributed by atoms with Gasteiger partial charge in [0.1, 0.15) is 0 Å². The number of pyridine rings is 1. The molecule has 0 atom stereocenters. The third-order valence-electron chi connectivity index (χ3n) is 6.14. The van der Waals surface area contributed by atoms with Crippen molar-refractivity contribution < 1.29 is 14.3 Å². The average molecular weight is 502 g/mol. The number of fused-ring (bicyclic) bond motifs is 1. The molecule has 4 aromatic rings. The summed E-state index contributed by atoms with van der Waals surface area (Å²) >= 11 is 6.33. The smallest absolute Gasteiger partial charge is 0.306 e. The Morgan fingerprint density at radius 3 is 2.36 bits per heavy atom. The van der Waals surface area contributed by atoms with Crippen molar-refractivity contribution in [3.8, 4) is 11.1 Å². The van der Waals surface area contributed by atoms with Gasteiger partial charge in [-0.05, 0) is 53.6 Å². The van der Waals surface area contributed by atoms with Crippen molar-refractivity contribution >= 4 is 34.1 Å². The molecule has 1 heterocycles. The summed E-state index contributed by atoms with van der Waals surface area (Å²) in [6.07, 6.45) is 1.07. The Hall–Kier alpha value is -3.70. The molecule has 0 aliphatic rings. The van der Waals surface area contributed by atoms with Gasteiger partial charge in [0, 0.05) is 28.8 Å². The second-order valence-electron chi connectivity index (χ2n) is 8.57. The number of ketones is 1. The maximum atomic E-state index is 13.7. The third kappa shape index (κ3) is 5.42. The van der Waals surface area contributed by atoms with Crippen LogP contribution in [-0.4, -0.2) is 22.9 Å². The number of nitrogens with zero attached hydrogens (tertiary/aromatic N) is 1. The van der Waals surface area contributed by atoms with Gasteiger partial charge in [-0.2, -0.15) is 0 Å². The van der Waals surface area contributed by atoms with Crippen molar-refractivity contribution in [2.24, 2.45) is 0 Å². The molecule has 0 aliphatic heterocycles. The van der Waals surface area contributed by atoms with Crippen LogP contribution >= 0.6 is 11.6 Å². The van der Waals surface area contributed by atoms with Crippen LogP contribution in [0.5, 0.6) is 0 Å². The topological polar surface area (TPSA) is 65.4 Å². The van der Waals surface area contributed by atoms with Gasteiger partial charge in [0.05, 0.1) is 18.8 Å². The van der Waals surface area contributed by atoms with E-state index in [9.17, 15) is 14.4 Å². The predicted octanol–water partition coefficient (Wildman–Crippen LogP) is 6.46. The van der Waals surface area contributed by atoms with E-state index >= 15 is 0 Å². The fourth-order valence-corrected chi connectivity index (χ4v) is 4.64. The molecule has 0 radical (unpaired) electrons. The van der Waals surface area contributed by atoms with Crippen molar-refractivity contribution in [1.29, 1.82) is 0 Å². The highest BCUT2D eigenvalue weighted by atomic mass is 35.5. The molecule has 1 aromatic heterocycles. The number of carbonyl (C=O) groups excluding carboxylic acids is 2. The standard InChI is InChI=1S/C30H28ClNO4/c1-3-26(33)29-28(22-11-6-5-7-12-22)25-18-23(31)14-15-24(25)30(35)32(29)19-21-10-8-9-20(17-21)13-16-27(34)36-4-2/h5-12,14-15,17-18H,3-4,13,16,19H2,1-2H3. The van der Waals surface area contributed by atoms with E-state index in [1.165, 1.54) is 0 Å². The Labute approximate surface area is 215 Å². The number of hydrogen-bond donors (Lipinski definition) is 0. The minimum atomic E-state index is -0.241. The second-order valence-corrected chi connectivity index (χ2v) is 9.01. The molecular weight excluding hydrogens is 474 g/mol. The van der Waals surface area contributed by atoms with Gasteiger partial charge in [-0.3, -0.25) is 19.0 Å². The number of rotatable bonds is 9. The van der Waals surface area contributed by atoms with Crippen LogP contribution in [0.15, 0.2) is 77.6 Å². The van der Waals surface area contributed by atoms with Crippen molar-refractivity contribution in [3.63, 3.8) is 0 Å². The van der Waals surface area contributed by atoms with E-state index in [1.807, 2.05) is 54.6 Å². The molecule has 3 aromatic carbocycles. The molecule has 4 rings (SSSR count). The largest absolute Gasteiger partial charge is 0.466 e. The van der Waals surface area contributed by atoms with Crippen LogP contribution in [0.25, 0.3) is 21.9 Å². The lowest BCUT2D eigenvalue weighted by atomic mass is 9.94. The van der Waals surface area contributed by atoms with Gasteiger partial charge in [0.15, 0.2) is 5.78 Å². The maximum Gasteiger partial charge on any atom is 0.306 e. The molecule has 0 amide bonds. The summed E-state index contributed by atoms with van der Waals surface area (Å²) < 4.78 is 6.61. The Morgan fingerprint density at radius 1 is 0.889 bits per heavy atom. The fourth-order valence-electron chi connectivity index (χ4n) is 4.47. The Morgan fingerprint density at radius 2 is 1.64 bits per heavy atom. The fraction of sp³-hybridized carbons (Fsp3) is 0.233. The normalized spacial score (nSPS) is 11.0. The first-order chi connectivity index (χ1) is 17.4. The van der Waals surface area contributed by atoms with Gasteiger partial charge in [0.2, 0.25) is 0 Å². The summed E-state index contributed by atoms with van der Waals surface area (Å²) in [6, 6.07) is 22.5. The van der Waals surface area contributed by atoms with Crippen LogP contribution in [-0.2, 0) is 22.5 Å². The minimum absolute atomic E-state index is 0.119. The molecular formula is C30H28ClNO4. The van der Waals surface area contributed by atoms with Gasteiger partial charge in [-0.1, -0.05) is 73.1 Å². The van der Waals surface area contributed by atoms with Gasteiger partial charge < -0.3 is 4.74 Å². The molecule has 5 nitrogen and oxygen atoms in total. The SMILES string of the molecule is CCOC(=O)CCc1cccc(Cn2c(C(=O)CC)c(-c3ccccc3)c3cc(Cl)ccc3c2=O)c1. The molecule has 0 spiro atoms. The molecule has 0 aliphatic carbocycles. The van der Waals surface area contributed by atoms with E-state index in [4.69, 9.17) is 16.3 Å². The van der Waals surface area contributed by atoms with Crippen LogP contribution in [0.3, 0.4) is 0 Å². The average Bonchev–Trinajstić information content (AvgIpc) is 2.89. The highest BCUT2D eigenvalue weighted by Gasteiger charge is 2.23. The number of aromatic nitrogens is 1. The van der Waals surface area contributed by atoms with E-state index < -0.39 is 0 Å². The molecule has 0 saturated carbocycles. The van der Waals surface area contributed by atoms with E-state index in [0.717, 1.165) is 16.7 Å². The number of aryl methyl sites for hydroxylation is 1. The predicted molar refractivity (Wildman–Crippen MR) is 144 cm³/mol. The number of esters is 1. The molecule has 36 heavy (non-hydrogen) atoms. The highest BCUT2D eigenvalue weighted by Crippen LogP contribution is 2.33. The number of benzene rings is 3. The second kappa shape index (κ2) is 11.4. The molecule has 0 fully saturated rings. The van der Waals surface area contributed by atoms with Crippen LogP contribution in [0, 0.1) is 0 Å². The van der Waals surface area contributed by atoms with E-state index in [0.29, 0.717) is 40.1 Å². The molecule has 6 heteroatoms. The maximum absolute atomic E-state index is 13.7. The quantitative estimate of drug-likeness (QED) is 0.195. The van der Waals surface area contributed by atoms with Gasteiger partial charge >= 0.3 is 5.97 Å². The van der Waals surface area contributed by atoms with Crippen molar-refractivity contribution in [2.75, 3.05) is 6.61 Å². The molecule has 0 bridgehead atoms. The Balaban J connectivity index is 1.88.